The summed E-state index contributed by atoms with van der Waals surface area (Å²) in [4.78, 5) is 33.3. The summed E-state index contributed by atoms with van der Waals surface area (Å²) in [5.74, 6) is 0.0296. The number of anilines is 1. The van der Waals surface area contributed by atoms with Crippen LogP contribution in [0.3, 0.4) is 0 Å². The van der Waals surface area contributed by atoms with Crippen molar-refractivity contribution in [3.8, 4) is 5.88 Å². The summed E-state index contributed by atoms with van der Waals surface area (Å²) in [6.07, 6.45) is 5.62. The average molecular weight is 412 g/mol. The number of ether oxygens (including phenoxy) is 2. The van der Waals surface area contributed by atoms with Gasteiger partial charge in [0.05, 0.1) is 24.9 Å². The third kappa shape index (κ3) is 5.76. The molecule has 0 saturated carbocycles. The van der Waals surface area contributed by atoms with Gasteiger partial charge in [-0.15, -0.1) is 0 Å². The summed E-state index contributed by atoms with van der Waals surface area (Å²) in [5, 5.41) is 6.14. The summed E-state index contributed by atoms with van der Waals surface area (Å²) in [7, 11) is 1.54. The normalized spacial score (nSPS) is 16.7. The minimum atomic E-state index is -0.494. The topological polar surface area (TPSA) is 102 Å². The Hall–Kier alpha value is -3.00. The van der Waals surface area contributed by atoms with E-state index in [1.165, 1.54) is 0 Å². The highest BCUT2D eigenvalue weighted by molar-refractivity contribution is 6.07. The predicted octanol–water partition coefficient (Wildman–Crippen LogP) is 2.99. The van der Waals surface area contributed by atoms with Gasteiger partial charge in [0.1, 0.15) is 11.1 Å². The fraction of sp³-hybridized carbons (Fsp3) is 0.455. The van der Waals surface area contributed by atoms with Gasteiger partial charge in [0.25, 0.3) is 5.91 Å². The van der Waals surface area contributed by atoms with Crippen molar-refractivity contribution in [3.63, 3.8) is 0 Å². The standard InChI is InChI=1S/C22H28N4O4/c1-22(2,3)30-19(27)13-24-15-7-5-14(6-8-15)21(28)25-17-11-12-23-16-9-10-18(29-4)26-20(16)17/h5,9-12,15,24H,6-8,13H2,1-4H3,(H,23,25,28). The zero-order valence-electron chi connectivity index (χ0n) is 17.8. The van der Waals surface area contributed by atoms with Crippen LogP contribution in [0, 0.1) is 0 Å². The number of nitrogens with zero attached hydrogens (tertiary/aromatic N) is 2. The lowest BCUT2D eigenvalue weighted by atomic mass is 9.94. The maximum atomic E-state index is 12.7. The molecule has 0 spiro atoms. The second-order valence-corrected chi connectivity index (χ2v) is 8.20. The zero-order chi connectivity index (χ0) is 21.7. The summed E-state index contributed by atoms with van der Waals surface area (Å²) < 4.78 is 10.5. The first-order chi connectivity index (χ1) is 14.2. The molecule has 0 saturated heterocycles. The van der Waals surface area contributed by atoms with Crippen molar-refractivity contribution in [1.82, 2.24) is 15.3 Å². The smallest absolute Gasteiger partial charge is 0.320 e. The number of rotatable bonds is 6. The molecule has 30 heavy (non-hydrogen) atoms. The predicted molar refractivity (Wildman–Crippen MR) is 114 cm³/mol. The number of esters is 1. The van der Waals surface area contributed by atoms with E-state index in [1.54, 1.807) is 31.5 Å². The van der Waals surface area contributed by atoms with Crippen molar-refractivity contribution >= 4 is 28.6 Å². The number of carbonyl (C=O) groups is 2. The molecular weight excluding hydrogens is 384 g/mol. The molecule has 8 heteroatoms. The number of fused-ring (bicyclic) bond motifs is 1. The van der Waals surface area contributed by atoms with Crippen molar-refractivity contribution in [2.75, 3.05) is 19.0 Å². The summed E-state index contributed by atoms with van der Waals surface area (Å²) >= 11 is 0. The van der Waals surface area contributed by atoms with E-state index in [4.69, 9.17) is 9.47 Å². The Morgan fingerprint density at radius 2 is 2.03 bits per heavy atom. The van der Waals surface area contributed by atoms with Crippen LogP contribution in [0.5, 0.6) is 5.88 Å². The van der Waals surface area contributed by atoms with E-state index in [1.807, 2.05) is 26.8 Å². The van der Waals surface area contributed by atoms with E-state index >= 15 is 0 Å². The number of hydrogen-bond donors (Lipinski definition) is 2. The van der Waals surface area contributed by atoms with Crippen LogP contribution >= 0.6 is 0 Å². The molecule has 0 aliphatic heterocycles. The highest BCUT2D eigenvalue weighted by Crippen LogP contribution is 2.24. The third-order valence-corrected chi connectivity index (χ3v) is 4.67. The minimum Gasteiger partial charge on any atom is -0.481 e. The molecule has 0 radical (unpaired) electrons. The Balaban J connectivity index is 1.59. The van der Waals surface area contributed by atoms with Gasteiger partial charge in [-0.1, -0.05) is 6.08 Å². The molecule has 8 nitrogen and oxygen atoms in total. The SMILES string of the molecule is COc1ccc2nccc(NC(=O)C3=CCC(NCC(=O)OC(C)(C)C)CC3)c2n1. The van der Waals surface area contributed by atoms with Crippen molar-refractivity contribution in [3.05, 3.63) is 36.0 Å². The Morgan fingerprint density at radius 1 is 1.23 bits per heavy atom. The Morgan fingerprint density at radius 3 is 2.70 bits per heavy atom. The lowest BCUT2D eigenvalue weighted by Crippen LogP contribution is -2.38. The number of pyridine rings is 2. The maximum Gasteiger partial charge on any atom is 0.320 e. The monoisotopic (exact) mass is 412 g/mol. The van der Waals surface area contributed by atoms with E-state index in [-0.39, 0.29) is 24.5 Å². The largest absolute Gasteiger partial charge is 0.481 e. The summed E-state index contributed by atoms with van der Waals surface area (Å²) in [5.41, 5.74) is 2.08. The quantitative estimate of drug-likeness (QED) is 0.703. The fourth-order valence-electron chi connectivity index (χ4n) is 3.26. The van der Waals surface area contributed by atoms with Crippen LogP contribution in [0.2, 0.25) is 0 Å². The average Bonchev–Trinajstić information content (AvgIpc) is 2.71. The number of hydrogen-bond acceptors (Lipinski definition) is 7. The Kier molecular flexibility index (Phi) is 6.66. The van der Waals surface area contributed by atoms with Gasteiger partial charge in [-0.05, 0) is 52.2 Å². The molecule has 1 aliphatic carbocycles. The second-order valence-electron chi connectivity index (χ2n) is 8.20. The van der Waals surface area contributed by atoms with Crippen LogP contribution in [0.25, 0.3) is 11.0 Å². The van der Waals surface area contributed by atoms with Gasteiger partial charge in [0, 0.05) is 23.9 Å². The van der Waals surface area contributed by atoms with Gasteiger partial charge in [0.2, 0.25) is 5.88 Å². The third-order valence-electron chi connectivity index (χ3n) is 4.67. The first-order valence-corrected chi connectivity index (χ1v) is 10.0. The minimum absolute atomic E-state index is 0.141. The zero-order valence-corrected chi connectivity index (χ0v) is 17.8. The molecule has 2 aromatic rings. The maximum absolute atomic E-state index is 12.7. The van der Waals surface area contributed by atoms with Gasteiger partial charge in [0.15, 0.2) is 0 Å². The number of nitrogens with one attached hydrogen (secondary N) is 2. The molecular formula is C22H28N4O4. The lowest BCUT2D eigenvalue weighted by Gasteiger charge is -2.24. The summed E-state index contributed by atoms with van der Waals surface area (Å²) in [6, 6.07) is 5.40. The highest BCUT2D eigenvalue weighted by Gasteiger charge is 2.21. The van der Waals surface area contributed by atoms with Crippen molar-refractivity contribution in [1.29, 1.82) is 0 Å². The molecule has 0 bridgehead atoms. The molecule has 2 heterocycles. The molecule has 1 aliphatic rings. The van der Waals surface area contributed by atoms with E-state index in [9.17, 15) is 9.59 Å². The van der Waals surface area contributed by atoms with Crippen LogP contribution in [-0.2, 0) is 14.3 Å². The second kappa shape index (κ2) is 9.21. The summed E-state index contributed by atoms with van der Waals surface area (Å²) in [6.45, 7) is 5.69. The van der Waals surface area contributed by atoms with Crippen LogP contribution in [0.1, 0.15) is 40.0 Å². The molecule has 0 aromatic carbocycles. The van der Waals surface area contributed by atoms with Crippen molar-refractivity contribution in [2.45, 2.75) is 51.7 Å². The van der Waals surface area contributed by atoms with Crippen molar-refractivity contribution in [2.24, 2.45) is 0 Å². The number of aromatic nitrogens is 2. The van der Waals surface area contributed by atoms with Gasteiger partial charge < -0.3 is 20.1 Å². The molecule has 1 atom stereocenters. The molecule has 3 rings (SSSR count). The highest BCUT2D eigenvalue weighted by atomic mass is 16.6. The molecule has 160 valence electrons. The van der Waals surface area contributed by atoms with Gasteiger partial charge in [-0.2, -0.15) is 0 Å². The molecule has 0 fully saturated rings. The van der Waals surface area contributed by atoms with Gasteiger partial charge in [-0.3, -0.25) is 14.6 Å². The Bertz CT molecular complexity index is 965. The molecule has 1 amide bonds. The van der Waals surface area contributed by atoms with E-state index in [2.05, 4.69) is 20.6 Å². The molecule has 2 aromatic heterocycles. The van der Waals surface area contributed by atoms with E-state index in [0.717, 1.165) is 12.0 Å². The van der Waals surface area contributed by atoms with Crippen LogP contribution in [0.4, 0.5) is 5.69 Å². The number of methoxy groups -OCH3 is 1. The first kappa shape index (κ1) is 21.7. The van der Waals surface area contributed by atoms with E-state index in [0.29, 0.717) is 35.4 Å². The first-order valence-electron chi connectivity index (χ1n) is 10.0. The molecule has 2 N–H and O–H groups in total. The van der Waals surface area contributed by atoms with Gasteiger partial charge >= 0.3 is 5.97 Å². The number of amides is 1. The van der Waals surface area contributed by atoms with Gasteiger partial charge in [-0.25, -0.2) is 4.98 Å². The fourth-order valence-corrected chi connectivity index (χ4v) is 3.26. The Labute approximate surface area is 176 Å². The van der Waals surface area contributed by atoms with E-state index < -0.39 is 5.60 Å². The van der Waals surface area contributed by atoms with Crippen molar-refractivity contribution < 1.29 is 19.1 Å². The van der Waals surface area contributed by atoms with Crippen LogP contribution in [-0.4, -0.2) is 47.1 Å². The molecule has 1 unspecified atom stereocenters. The lowest BCUT2D eigenvalue weighted by molar-refractivity contribution is -0.153. The van der Waals surface area contributed by atoms with Crippen LogP contribution in [0.15, 0.2) is 36.0 Å². The van der Waals surface area contributed by atoms with Crippen LogP contribution < -0.4 is 15.4 Å². The number of carbonyl (C=O) groups excluding carboxylic acids is 2.